The number of hydrogen-bond donors (Lipinski definition) is 0. The minimum Gasteiger partial charge on any atom is -0.333 e. The van der Waals surface area contributed by atoms with Crippen LogP contribution in [0.5, 0.6) is 0 Å². The summed E-state index contributed by atoms with van der Waals surface area (Å²) in [5.74, 6) is -0.237. The van der Waals surface area contributed by atoms with Crippen molar-refractivity contribution in [1.29, 1.82) is 0 Å². The fourth-order valence-electron chi connectivity index (χ4n) is 4.25. The van der Waals surface area contributed by atoms with Gasteiger partial charge in [0.15, 0.2) is 0 Å². The summed E-state index contributed by atoms with van der Waals surface area (Å²) in [7, 11) is 0. The molecule has 1 atom stereocenters. The van der Waals surface area contributed by atoms with Gasteiger partial charge in [-0.15, -0.1) is 11.3 Å². The van der Waals surface area contributed by atoms with E-state index >= 15 is 0 Å². The Hall–Kier alpha value is -2.07. The van der Waals surface area contributed by atoms with E-state index < -0.39 is 3.93 Å². The van der Waals surface area contributed by atoms with Crippen molar-refractivity contribution in [2.75, 3.05) is 6.54 Å². The average Bonchev–Trinajstić information content (AvgIpc) is 3.41. The third-order valence-electron chi connectivity index (χ3n) is 5.82. The van der Waals surface area contributed by atoms with Crippen LogP contribution < -0.4 is 0 Å². The molecular weight excluding hydrogens is 543 g/mol. The molecule has 2 aromatic heterocycles. The number of hydrogen-bond acceptors (Lipinski definition) is 3. The van der Waals surface area contributed by atoms with Crippen molar-refractivity contribution in [3.8, 4) is 11.1 Å². The van der Waals surface area contributed by atoms with Gasteiger partial charge in [-0.05, 0) is 42.2 Å². The molecule has 0 saturated carbocycles. The van der Waals surface area contributed by atoms with E-state index in [9.17, 15) is 13.6 Å². The Balaban J connectivity index is 1.89. The van der Waals surface area contributed by atoms with Gasteiger partial charge in [0.25, 0.3) is 0 Å². The van der Waals surface area contributed by atoms with E-state index in [-0.39, 0.29) is 17.5 Å². The fourth-order valence-corrected chi connectivity index (χ4v) is 5.83. The Labute approximate surface area is 204 Å². The normalized spacial score (nSPS) is 16.2. The zero-order valence-corrected chi connectivity index (χ0v) is 20.9. The molecular formula is C24H24F2IN3OS. The number of fused-ring (bicyclic) bond motifs is 1. The van der Waals surface area contributed by atoms with E-state index in [0.717, 1.165) is 45.0 Å². The summed E-state index contributed by atoms with van der Waals surface area (Å²) in [6.07, 6.45) is 3.94. The van der Waals surface area contributed by atoms with Crippen molar-refractivity contribution in [2.45, 2.75) is 43.2 Å². The molecule has 4 rings (SSSR count). The lowest BCUT2D eigenvalue weighted by molar-refractivity contribution is -0.127. The molecule has 32 heavy (non-hydrogen) atoms. The van der Waals surface area contributed by atoms with Crippen LogP contribution in [0, 0.1) is 0 Å². The van der Waals surface area contributed by atoms with Gasteiger partial charge in [0.05, 0.1) is 6.54 Å². The predicted molar refractivity (Wildman–Crippen MR) is 132 cm³/mol. The lowest BCUT2D eigenvalue weighted by Crippen LogP contribution is -2.37. The Morgan fingerprint density at radius 1 is 1.31 bits per heavy atom. The van der Waals surface area contributed by atoms with Gasteiger partial charge in [-0.2, -0.15) is 13.9 Å². The first kappa shape index (κ1) is 23.1. The summed E-state index contributed by atoms with van der Waals surface area (Å²) < 4.78 is 27.4. The highest BCUT2D eigenvalue weighted by Crippen LogP contribution is 2.45. The number of benzene rings is 1. The van der Waals surface area contributed by atoms with E-state index in [1.165, 1.54) is 16.5 Å². The van der Waals surface area contributed by atoms with Crippen molar-refractivity contribution >= 4 is 39.8 Å². The van der Waals surface area contributed by atoms with Gasteiger partial charge in [0.1, 0.15) is 5.69 Å². The second-order valence-corrected chi connectivity index (χ2v) is 10.3. The average molecular weight is 567 g/mol. The second kappa shape index (κ2) is 9.05. The van der Waals surface area contributed by atoms with E-state index in [1.807, 2.05) is 31.2 Å². The number of thiophene rings is 1. The predicted octanol–water partition coefficient (Wildman–Crippen LogP) is 6.34. The summed E-state index contributed by atoms with van der Waals surface area (Å²) in [6, 6.07) is 9.85. The highest BCUT2D eigenvalue weighted by Gasteiger charge is 2.37. The van der Waals surface area contributed by atoms with Crippen molar-refractivity contribution in [3.63, 3.8) is 0 Å². The molecule has 1 aliphatic rings. The van der Waals surface area contributed by atoms with Gasteiger partial charge in [-0.1, -0.05) is 37.8 Å². The van der Waals surface area contributed by atoms with Crippen molar-refractivity contribution in [1.82, 2.24) is 14.7 Å². The molecule has 0 spiro atoms. The topological polar surface area (TPSA) is 38.1 Å². The number of alkyl halides is 3. The fraction of sp³-hybridized carbons (Fsp3) is 0.333. The maximum atomic E-state index is 14.5. The molecule has 4 nitrogen and oxygen atoms in total. The van der Waals surface area contributed by atoms with E-state index in [0.29, 0.717) is 25.2 Å². The Bertz CT molecular complexity index is 1160. The number of amides is 1. The molecule has 0 radical (unpaired) electrons. The second-order valence-electron chi connectivity index (χ2n) is 7.75. The Kier molecular flexibility index (Phi) is 6.53. The summed E-state index contributed by atoms with van der Waals surface area (Å²) >= 11 is 2.86. The Morgan fingerprint density at radius 2 is 2.06 bits per heavy atom. The van der Waals surface area contributed by atoms with Gasteiger partial charge in [0.2, 0.25) is 5.91 Å². The monoisotopic (exact) mass is 567 g/mol. The molecule has 0 aliphatic carbocycles. The van der Waals surface area contributed by atoms with Crippen LogP contribution in [-0.4, -0.2) is 27.1 Å². The van der Waals surface area contributed by atoms with Crippen LogP contribution in [0.3, 0.4) is 0 Å². The summed E-state index contributed by atoms with van der Waals surface area (Å²) in [5.41, 5.74) is 3.03. The van der Waals surface area contributed by atoms with Crippen LogP contribution in [0.1, 0.15) is 46.3 Å². The third kappa shape index (κ3) is 4.26. The maximum Gasteiger partial charge on any atom is 0.340 e. The largest absolute Gasteiger partial charge is 0.340 e. The minimum absolute atomic E-state index is 0.115. The van der Waals surface area contributed by atoms with Gasteiger partial charge in [0, 0.05) is 63.1 Å². The van der Waals surface area contributed by atoms with E-state index in [2.05, 4.69) is 24.7 Å². The molecule has 3 heterocycles. The standard InChI is InChI=1S/C24H24F2IN3OS/c1-4-15-11-18-19(12-29(22(31)5-2)14-21(18)32-15)16-9-7-8-10-17(16)20-13-30(6-3)28-23(20)24(25,26)27/h5,7-11,13,19H,2,4,6,12,14H2,1,3H3. The molecule has 1 aromatic carbocycles. The number of aromatic nitrogens is 2. The number of nitrogens with zero attached hydrogens (tertiary/aromatic N) is 3. The van der Waals surface area contributed by atoms with Crippen LogP contribution >= 0.6 is 33.9 Å². The number of aryl methyl sites for hydroxylation is 2. The molecule has 8 heteroatoms. The zero-order valence-electron chi connectivity index (χ0n) is 17.9. The summed E-state index contributed by atoms with van der Waals surface area (Å²) in [6.45, 7) is 9.16. The molecule has 1 amide bonds. The lowest BCUT2D eigenvalue weighted by Gasteiger charge is -2.33. The lowest BCUT2D eigenvalue weighted by atomic mass is 9.83. The smallest absolute Gasteiger partial charge is 0.333 e. The van der Waals surface area contributed by atoms with Gasteiger partial charge >= 0.3 is 3.93 Å². The first-order valence-corrected chi connectivity index (χ1v) is 12.4. The van der Waals surface area contributed by atoms with Crippen LogP contribution in [-0.2, 0) is 28.2 Å². The van der Waals surface area contributed by atoms with Gasteiger partial charge in [-0.25, -0.2) is 0 Å². The van der Waals surface area contributed by atoms with Crippen molar-refractivity contribution in [2.24, 2.45) is 0 Å². The van der Waals surface area contributed by atoms with Crippen LogP contribution in [0.25, 0.3) is 11.1 Å². The molecule has 0 bridgehead atoms. The molecule has 168 valence electrons. The van der Waals surface area contributed by atoms with E-state index in [1.54, 1.807) is 27.1 Å². The quantitative estimate of drug-likeness (QED) is 0.198. The first-order valence-electron chi connectivity index (χ1n) is 10.5. The molecule has 1 aliphatic heterocycles. The van der Waals surface area contributed by atoms with Crippen molar-refractivity contribution < 1.29 is 13.6 Å². The first-order chi connectivity index (χ1) is 15.3. The molecule has 3 aromatic rings. The third-order valence-corrected chi connectivity index (χ3v) is 7.61. The minimum atomic E-state index is -3.10. The number of carbonyl (C=O) groups excluding carboxylic acids is 1. The maximum absolute atomic E-state index is 14.5. The van der Waals surface area contributed by atoms with Crippen LogP contribution in [0.15, 0.2) is 49.2 Å². The highest BCUT2D eigenvalue weighted by atomic mass is 127. The summed E-state index contributed by atoms with van der Waals surface area (Å²) in [4.78, 5) is 16.7. The molecule has 0 fully saturated rings. The SMILES string of the molecule is C=CC(=O)N1Cc2sc(CC)cc2C(c2ccccc2-c2cn(CC)nc2C(F)(F)I)C1. The zero-order chi connectivity index (χ0) is 23.0. The molecule has 1 unspecified atom stereocenters. The van der Waals surface area contributed by atoms with Gasteiger partial charge in [-0.3, -0.25) is 9.48 Å². The highest BCUT2D eigenvalue weighted by molar-refractivity contribution is 14.1. The van der Waals surface area contributed by atoms with Crippen LogP contribution in [0.2, 0.25) is 0 Å². The molecule has 0 saturated heterocycles. The number of carbonyl (C=O) groups is 1. The number of halogens is 3. The number of rotatable bonds is 6. The van der Waals surface area contributed by atoms with E-state index in [4.69, 9.17) is 0 Å². The molecule has 0 N–H and O–H groups in total. The Morgan fingerprint density at radius 3 is 2.72 bits per heavy atom. The summed E-state index contributed by atoms with van der Waals surface area (Å²) in [5, 5.41) is 4.16. The van der Waals surface area contributed by atoms with Crippen molar-refractivity contribution in [3.05, 3.63) is 75.8 Å². The van der Waals surface area contributed by atoms with Gasteiger partial charge < -0.3 is 4.90 Å². The van der Waals surface area contributed by atoms with Crippen LogP contribution in [0.4, 0.5) is 8.78 Å².